The van der Waals surface area contributed by atoms with Gasteiger partial charge in [-0.25, -0.2) is 9.97 Å². The van der Waals surface area contributed by atoms with E-state index in [1.165, 1.54) is 5.56 Å². The minimum atomic E-state index is 0.0660. The summed E-state index contributed by atoms with van der Waals surface area (Å²) < 4.78 is 0. The summed E-state index contributed by atoms with van der Waals surface area (Å²) in [7, 11) is 0. The highest BCUT2D eigenvalue weighted by molar-refractivity contribution is 5.41. The fraction of sp³-hybridized carbons (Fsp3) is 0.286. The molecule has 0 atom stereocenters. The molecule has 1 fully saturated rings. The number of hydrogen-bond donors (Lipinski definition) is 1. The van der Waals surface area contributed by atoms with Gasteiger partial charge in [0.25, 0.3) is 0 Å². The first kappa shape index (κ1) is 10.3. The molecule has 1 aromatic carbocycles. The third-order valence-electron chi connectivity index (χ3n) is 3.21. The van der Waals surface area contributed by atoms with Crippen LogP contribution in [0.15, 0.2) is 42.7 Å². The van der Waals surface area contributed by atoms with Crippen LogP contribution in [0, 0.1) is 6.92 Å². The average Bonchev–Trinajstić information content (AvgIpc) is 3.15. The van der Waals surface area contributed by atoms with E-state index in [0.29, 0.717) is 0 Å². The van der Waals surface area contributed by atoms with E-state index >= 15 is 0 Å². The summed E-state index contributed by atoms with van der Waals surface area (Å²) in [6, 6.07) is 10.5. The standard InChI is InChI=1S/C14H15N3/c1-11-9-15-13(16-10-11)17-14(7-8-14)12-5-3-2-4-6-12/h2-6,9-10H,7-8H2,1H3,(H,15,16,17). The van der Waals surface area contributed by atoms with Gasteiger partial charge in [0.05, 0.1) is 5.54 Å². The van der Waals surface area contributed by atoms with Crippen molar-refractivity contribution in [3.05, 3.63) is 53.9 Å². The maximum absolute atomic E-state index is 4.31. The summed E-state index contributed by atoms with van der Waals surface area (Å²) in [5.41, 5.74) is 2.47. The Bertz CT molecular complexity index is 501. The maximum Gasteiger partial charge on any atom is 0.223 e. The Balaban J connectivity index is 1.83. The molecule has 1 aliphatic carbocycles. The molecule has 2 aromatic rings. The third kappa shape index (κ3) is 2.00. The summed E-state index contributed by atoms with van der Waals surface area (Å²) in [6.45, 7) is 1.99. The van der Waals surface area contributed by atoms with Crippen molar-refractivity contribution in [2.45, 2.75) is 25.3 Å². The summed E-state index contributed by atoms with van der Waals surface area (Å²) in [6.07, 6.45) is 5.98. The van der Waals surface area contributed by atoms with Gasteiger partial charge >= 0.3 is 0 Å². The van der Waals surface area contributed by atoms with E-state index in [1.54, 1.807) is 0 Å². The second kappa shape index (κ2) is 3.84. The highest BCUT2D eigenvalue weighted by Crippen LogP contribution is 2.47. The van der Waals surface area contributed by atoms with Crippen LogP contribution in [0.4, 0.5) is 5.95 Å². The van der Waals surface area contributed by atoms with E-state index in [2.05, 4.69) is 39.6 Å². The highest BCUT2D eigenvalue weighted by atomic mass is 15.2. The van der Waals surface area contributed by atoms with Gasteiger partial charge in [0, 0.05) is 12.4 Å². The molecule has 0 saturated heterocycles. The molecule has 1 aliphatic rings. The molecule has 0 spiro atoms. The molecule has 0 unspecified atom stereocenters. The number of hydrogen-bond acceptors (Lipinski definition) is 3. The van der Waals surface area contributed by atoms with Crippen LogP contribution in [0.1, 0.15) is 24.0 Å². The molecular weight excluding hydrogens is 210 g/mol. The van der Waals surface area contributed by atoms with Crippen molar-refractivity contribution in [2.24, 2.45) is 0 Å². The molecule has 0 amide bonds. The predicted octanol–water partition coefficient (Wildman–Crippen LogP) is 2.89. The zero-order valence-corrected chi connectivity index (χ0v) is 9.85. The lowest BCUT2D eigenvalue weighted by Gasteiger charge is -2.17. The van der Waals surface area contributed by atoms with Crippen molar-refractivity contribution >= 4 is 5.95 Å². The average molecular weight is 225 g/mol. The van der Waals surface area contributed by atoms with E-state index in [1.807, 2.05) is 25.4 Å². The van der Waals surface area contributed by atoms with Gasteiger partial charge in [-0.3, -0.25) is 0 Å². The zero-order chi connectivity index (χ0) is 11.7. The van der Waals surface area contributed by atoms with Gasteiger partial charge in [0.15, 0.2) is 0 Å². The molecule has 1 heterocycles. The Morgan fingerprint density at radius 2 is 1.71 bits per heavy atom. The van der Waals surface area contributed by atoms with Crippen LogP contribution >= 0.6 is 0 Å². The van der Waals surface area contributed by atoms with E-state index in [4.69, 9.17) is 0 Å². The molecule has 0 bridgehead atoms. The summed E-state index contributed by atoms with van der Waals surface area (Å²) >= 11 is 0. The largest absolute Gasteiger partial charge is 0.345 e. The predicted molar refractivity (Wildman–Crippen MR) is 67.7 cm³/mol. The quantitative estimate of drug-likeness (QED) is 0.872. The Kier molecular flexibility index (Phi) is 2.32. The molecule has 1 aromatic heterocycles. The van der Waals surface area contributed by atoms with E-state index in [-0.39, 0.29) is 5.54 Å². The van der Waals surface area contributed by atoms with Gasteiger partial charge in [-0.1, -0.05) is 30.3 Å². The number of anilines is 1. The number of aryl methyl sites for hydroxylation is 1. The number of aromatic nitrogens is 2. The first-order chi connectivity index (χ1) is 8.28. The summed E-state index contributed by atoms with van der Waals surface area (Å²) in [4.78, 5) is 8.61. The topological polar surface area (TPSA) is 37.8 Å². The number of nitrogens with zero attached hydrogens (tertiary/aromatic N) is 2. The van der Waals surface area contributed by atoms with E-state index in [0.717, 1.165) is 24.4 Å². The Hall–Kier alpha value is -1.90. The van der Waals surface area contributed by atoms with E-state index in [9.17, 15) is 0 Å². The van der Waals surface area contributed by atoms with Gasteiger partial charge in [-0.2, -0.15) is 0 Å². The Morgan fingerprint density at radius 3 is 2.29 bits per heavy atom. The first-order valence-corrected chi connectivity index (χ1v) is 5.91. The van der Waals surface area contributed by atoms with Gasteiger partial charge in [-0.15, -0.1) is 0 Å². The molecule has 0 radical (unpaired) electrons. The normalized spacial score (nSPS) is 16.5. The van der Waals surface area contributed by atoms with Crippen molar-refractivity contribution in [1.82, 2.24) is 9.97 Å². The van der Waals surface area contributed by atoms with Crippen molar-refractivity contribution < 1.29 is 0 Å². The molecule has 86 valence electrons. The third-order valence-corrected chi connectivity index (χ3v) is 3.21. The van der Waals surface area contributed by atoms with Crippen molar-refractivity contribution in [3.8, 4) is 0 Å². The van der Waals surface area contributed by atoms with Gasteiger partial charge in [0.1, 0.15) is 0 Å². The van der Waals surface area contributed by atoms with Crippen LogP contribution < -0.4 is 5.32 Å². The lowest BCUT2D eigenvalue weighted by molar-refractivity contribution is 0.789. The van der Waals surface area contributed by atoms with Gasteiger partial charge in [-0.05, 0) is 30.9 Å². The fourth-order valence-corrected chi connectivity index (χ4v) is 2.04. The molecule has 3 nitrogen and oxygen atoms in total. The van der Waals surface area contributed by atoms with Crippen LogP contribution in [-0.2, 0) is 5.54 Å². The summed E-state index contributed by atoms with van der Waals surface area (Å²) in [5, 5.41) is 3.45. The highest BCUT2D eigenvalue weighted by Gasteiger charge is 2.44. The number of rotatable bonds is 3. The SMILES string of the molecule is Cc1cnc(NC2(c3ccccc3)CC2)nc1. The van der Waals surface area contributed by atoms with Crippen LogP contribution in [0.25, 0.3) is 0 Å². The second-order valence-corrected chi connectivity index (χ2v) is 4.66. The van der Waals surface area contributed by atoms with Gasteiger partial charge in [0.2, 0.25) is 5.95 Å². The van der Waals surface area contributed by atoms with E-state index < -0.39 is 0 Å². The van der Waals surface area contributed by atoms with Crippen molar-refractivity contribution in [1.29, 1.82) is 0 Å². The van der Waals surface area contributed by atoms with Crippen molar-refractivity contribution in [2.75, 3.05) is 5.32 Å². The fourth-order valence-electron chi connectivity index (χ4n) is 2.04. The van der Waals surface area contributed by atoms with Crippen LogP contribution in [-0.4, -0.2) is 9.97 Å². The monoisotopic (exact) mass is 225 g/mol. The summed E-state index contributed by atoms with van der Waals surface area (Å²) in [5.74, 6) is 0.719. The molecular formula is C14H15N3. The molecule has 3 rings (SSSR count). The molecule has 1 N–H and O–H groups in total. The molecule has 1 saturated carbocycles. The minimum Gasteiger partial charge on any atom is -0.345 e. The lowest BCUT2D eigenvalue weighted by Crippen LogP contribution is -2.20. The maximum atomic E-state index is 4.31. The second-order valence-electron chi connectivity index (χ2n) is 4.66. The van der Waals surface area contributed by atoms with Crippen LogP contribution in [0.3, 0.4) is 0 Å². The molecule has 0 aliphatic heterocycles. The number of nitrogens with one attached hydrogen (secondary N) is 1. The Morgan fingerprint density at radius 1 is 1.06 bits per heavy atom. The van der Waals surface area contributed by atoms with Crippen LogP contribution in [0.5, 0.6) is 0 Å². The molecule has 17 heavy (non-hydrogen) atoms. The first-order valence-electron chi connectivity index (χ1n) is 5.91. The van der Waals surface area contributed by atoms with Crippen molar-refractivity contribution in [3.63, 3.8) is 0 Å². The zero-order valence-electron chi connectivity index (χ0n) is 9.85. The van der Waals surface area contributed by atoms with Crippen LogP contribution in [0.2, 0.25) is 0 Å². The van der Waals surface area contributed by atoms with Gasteiger partial charge < -0.3 is 5.32 Å². The lowest BCUT2D eigenvalue weighted by atomic mass is 10.1. The minimum absolute atomic E-state index is 0.0660. The molecule has 3 heteroatoms. The Labute approximate surface area is 101 Å². The smallest absolute Gasteiger partial charge is 0.223 e. The number of benzene rings is 1.